The zero-order valence-corrected chi connectivity index (χ0v) is 17.5. The Morgan fingerprint density at radius 3 is 2.30 bits per heavy atom. The first-order valence-corrected chi connectivity index (χ1v) is 8.71. The minimum atomic E-state index is 0. The molecule has 0 aliphatic rings. The predicted molar refractivity (Wildman–Crippen MR) is 117 cm³/mol. The van der Waals surface area contributed by atoms with Gasteiger partial charge in [-0.3, -0.25) is 4.98 Å². The summed E-state index contributed by atoms with van der Waals surface area (Å²) in [5, 5.41) is 4.63. The van der Waals surface area contributed by atoms with Crippen LogP contribution >= 0.6 is 48.0 Å². The van der Waals surface area contributed by atoms with Crippen molar-refractivity contribution >= 4 is 48.0 Å². The van der Waals surface area contributed by atoms with Crippen LogP contribution in [0.5, 0.6) is 5.75 Å². The fourth-order valence-corrected chi connectivity index (χ4v) is 2.82. The van der Waals surface area contributed by atoms with Crippen molar-refractivity contribution in [2.24, 2.45) is 0 Å². The molecule has 1 N–H and O–H groups in total. The molecule has 144 valence electrons. The number of hydrogen-bond donors (Lipinski definition) is 1. The van der Waals surface area contributed by atoms with E-state index in [0.717, 1.165) is 24.4 Å². The third-order valence-corrected chi connectivity index (χ3v) is 4.30. The highest BCUT2D eigenvalue weighted by Crippen LogP contribution is 2.22. The van der Waals surface area contributed by atoms with Gasteiger partial charge in [0.25, 0.3) is 0 Å². The van der Waals surface area contributed by atoms with E-state index >= 15 is 0 Å². The average molecular weight is 446 g/mol. The number of nitrogens with zero attached hydrogens (tertiary/aromatic N) is 1. The van der Waals surface area contributed by atoms with Gasteiger partial charge >= 0.3 is 0 Å². The maximum atomic E-state index is 6.15. The standard InChI is InChI=1S/C20H18Cl2N2O.2ClH/c21-18-6-5-17(20(22)10-18)14-25-19-7-3-15(4-8-19)11-24-13-16-2-1-9-23-12-16;;/h1-10,12,24H,11,13-14H2;2*1H. The van der Waals surface area contributed by atoms with E-state index < -0.39 is 0 Å². The lowest BCUT2D eigenvalue weighted by atomic mass is 10.2. The second-order valence-electron chi connectivity index (χ2n) is 5.63. The molecule has 7 heteroatoms. The Morgan fingerprint density at radius 2 is 1.63 bits per heavy atom. The van der Waals surface area contributed by atoms with Crippen molar-refractivity contribution < 1.29 is 4.74 Å². The van der Waals surface area contributed by atoms with Crippen LogP contribution in [0.2, 0.25) is 10.0 Å². The van der Waals surface area contributed by atoms with Gasteiger partial charge in [0.05, 0.1) is 0 Å². The molecule has 0 saturated carbocycles. The molecular weight excluding hydrogens is 426 g/mol. The molecule has 0 spiro atoms. The Bertz CT molecular complexity index is 814. The highest BCUT2D eigenvalue weighted by atomic mass is 35.5. The van der Waals surface area contributed by atoms with Crippen molar-refractivity contribution in [2.75, 3.05) is 0 Å². The first-order chi connectivity index (χ1) is 12.2. The summed E-state index contributed by atoms with van der Waals surface area (Å²) in [7, 11) is 0. The predicted octanol–water partition coefficient (Wildman–Crippen LogP) is 6.10. The van der Waals surface area contributed by atoms with Gasteiger partial charge in [-0.1, -0.05) is 47.5 Å². The first kappa shape index (κ1) is 23.5. The van der Waals surface area contributed by atoms with Gasteiger partial charge in [0.1, 0.15) is 12.4 Å². The topological polar surface area (TPSA) is 34.1 Å². The zero-order valence-electron chi connectivity index (χ0n) is 14.4. The Kier molecular flexibility index (Phi) is 10.5. The van der Waals surface area contributed by atoms with E-state index in [2.05, 4.69) is 28.5 Å². The monoisotopic (exact) mass is 444 g/mol. The second kappa shape index (κ2) is 12.1. The molecule has 2 aromatic carbocycles. The van der Waals surface area contributed by atoms with Crippen LogP contribution in [0.4, 0.5) is 0 Å². The Morgan fingerprint density at radius 1 is 0.889 bits per heavy atom. The zero-order chi connectivity index (χ0) is 17.5. The summed E-state index contributed by atoms with van der Waals surface area (Å²) in [4.78, 5) is 4.11. The molecule has 0 radical (unpaired) electrons. The van der Waals surface area contributed by atoms with E-state index in [1.165, 1.54) is 11.1 Å². The molecule has 0 aliphatic heterocycles. The van der Waals surface area contributed by atoms with Crippen molar-refractivity contribution in [3.63, 3.8) is 0 Å². The molecule has 0 atom stereocenters. The molecule has 27 heavy (non-hydrogen) atoms. The highest BCUT2D eigenvalue weighted by molar-refractivity contribution is 6.35. The molecule has 3 nitrogen and oxygen atoms in total. The molecule has 1 heterocycles. The largest absolute Gasteiger partial charge is 0.489 e. The normalized spacial score (nSPS) is 9.85. The number of aromatic nitrogens is 1. The summed E-state index contributed by atoms with van der Waals surface area (Å²) < 4.78 is 5.79. The van der Waals surface area contributed by atoms with E-state index in [1.807, 2.05) is 36.5 Å². The molecule has 3 aromatic rings. The lowest BCUT2D eigenvalue weighted by Crippen LogP contribution is -2.12. The van der Waals surface area contributed by atoms with Crippen molar-refractivity contribution in [1.29, 1.82) is 0 Å². The molecule has 3 rings (SSSR count). The summed E-state index contributed by atoms with van der Waals surface area (Å²) in [5.41, 5.74) is 3.27. The van der Waals surface area contributed by atoms with Crippen LogP contribution in [0.1, 0.15) is 16.7 Å². The molecule has 0 fully saturated rings. The first-order valence-electron chi connectivity index (χ1n) is 7.96. The lowest BCUT2D eigenvalue weighted by Gasteiger charge is -2.09. The van der Waals surface area contributed by atoms with E-state index in [1.54, 1.807) is 12.3 Å². The number of halogens is 4. The van der Waals surface area contributed by atoms with Gasteiger partial charge in [0, 0.05) is 41.1 Å². The number of pyridine rings is 1. The Hall–Kier alpha value is -1.49. The Labute approximate surface area is 181 Å². The van der Waals surface area contributed by atoms with Crippen LogP contribution < -0.4 is 10.1 Å². The molecular formula is C20H20Cl4N2O. The smallest absolute Gasteiger partial charge is 0.119 e. The van der Waals surface area contributed by atoms with E-state index in [9.17, 15) is 0 Å². The van der Waals surface area contributed by atoms with Crippen LogP contribution in [-0.4, -0.2) is 4.98 Å². The number of hydrogen-bond acceptors (Lipinski definition) is 3. The third kappa shape index (κ3) is 7.57. The quantitative estimate of drug-likeness (QED) is 0.476. The molecule has 0 saturated heterocycles. The summed E-state index contributed by atoms with van der Waals surface area (Å²) >= 11 is 12.0. The van der Waals surface area contributed by atoms with Crippen LogP contribution in [0.15, 0.2) is 67.0 Å². The van der Waals surface area contributed by atoms with Gasteiger partial charge in [-0.2, -0.15) is 0 Å². The fraction of sp³-hybridized carbons (Fsp3) is 0.150. The second-order valence-corrected chi connectivity index (χ2v) is 6.48. The van der Waals surface area contributed by atoms with Crippen molar-refractivity contribution in [3.8, 4) is 5.75 Å². The number of rotatable bonds is 7. The van der Waals surface area contributed by atoms with E-state index in [-0.39, 0.29) is 24.8 Å². The number of ether oxygens (including phenoxy) is 1. The SMILES string of the molecule is Cl.Cl.Clc1ccc(COc2ccc(CNCc3cccnc3)cc2)c(Cl)c1. The molecule has 1 aromatic heterocycles. The maximum Gasteiger partial charge on any atom is 0.119 e. The summed E-state index contributed by atoms with van der Waals surface area (Å²) in [6, 6.07) is 17.4. The van der Waals surface area contributed by atoms with Crippen molar-refractivity contribution in [2.45, 2.75) is 19.7 Å². The van der Waals surface area contributed by atoms with Gasteiger partial charge in [-0.25, -0.2) is 0 Å². The minimum Gasteiger partial charge on any atom is -0.489 e. The van der Waals surface area contributed by atoms with Crippen molar-refractivity contribution in [3.05, 3.63) is 93.7 Å². The highest BCUT2D eigenvalue weighted by Gasteiger charge is 2.03. The molecule has 0 amide bonds. The van der Waals surface area contributed by atoms with E-state index in [4.69, 9.17) is 27.9 Å². The van der Waals surface area contributed by atoms with Crippen LogP contribution in [0.25, 0.3) is 0 Å². The third-order valence-electron chi connectivity index (χ3n) is 3.71. The summed E-state index contributed by atoms with van der Waals surface area (Å²) in [6.45, 7) is 1.99. The van der Waals surface area contributed by atoms with Gasteiger partial charge in [-0.05, 0) is 41.5 Å². The molecule has 0 aliphatic carbocycles. The Balaban J connectivity index is 0.00000182. The van der Waals surface area contributed by atoms with Crippen LogP contribution in [0.3, 0.4) is 0 Å². The maximum absolute atomic E-state index is 6.15. The van der Waals surface area contributed by atoms with Gasteiger partial charge in [-0.15, -0.1) is 24.8 Å². The summed E-state index contributed by atoms with van der Waals surface area (Å²) in [5.74, 6) is 0.807. The van der Waals surface area contributed by atoms with Crippen LogP contribution in [0, 0.1) is 0 Å². The van der Waals surface area contributed by atoms with E-state index in [0.29, 0.717) is 16.7 Å². The fourth-order valence-electron chi connectivity index (χ4n) is 2.36. The lowest BCUT2D eigenvalue weighted by molar-refractivity contribution is 0.306. The molecule has 0 bridgehead atoms. The number of nitrogens with one attached hydrogen (secondary N) is 1. The number of benzene rings is 2. The average Bonchev–Trinajstić information content (AvgIpc) is 2.63. The minimum absolute atomic E-state index is 0. The van der Waals surface area contributed by atoms with Gasteiger partial charge < -0.3 is 10.1 Å². The van der Waals surface area contributed by atoms with Gasteiger partial charge in [0.15, 0.2) is 0 Å². The van der Waals surface area contributed by atoms with Gasteiger partial charge in [0.2, 0.25) is 0 Å². The van der Waals surface area contributed by atoms with Crippen LogP contribution in [-0.2, 0) is 19.7 Å². The summed E-state index contributed by atoms with van der Waals surface area (Å²) in [6.07, 6.45) is 3.64. The molecule has 0 unspecified atom stereocenters. The van der Waals surface area contributed by atoms with Crippen molar-refractivity contribution in [1.82, 2.24) is 10.3 Å².